The van der Waals surface area contributed by atoms with Crippen LogP contribution in [-0.4, -0.2) is 148 Å². The summed E-state index contributed by atoms with van der Waals surface area (Å²) in [6.07, 6.45) is -3.49. The lowest BCUT2D eigenvalue weighted by Crippen LogP contribution is -2.61. The fraction of sp³-hybridized carbons (Fsp3) is 0.758. The molecule has 6 aliphatic rings. The third-order valence-corrected chi connectivity index (χ3v) is 19.4. The number of methoxy groups -OCH3 is 2. The van der Waals surface area contributed by atoms with E-state index in [1.165, 1.54) is 13.8 Å². The minimum atomic E-state index is -1.79. The van der Waals surface area contributed by atoms with Crippen LogP contribution in [0.25, 0.3) is 0 Å². The number of aromatic hydroxyl groups is 1. The highest BCUT2D eigenvalue weighted by molar-refractivity contribution is 5.74. The average molecular weight is 1200 g/mol. The van der Waals surface area contributed by atoms with E-state index in [0.717, 1.165) is 49.0 Å². The molecule has 85 heavy (non-hydrogen) atoms. The van der Waals surface area contributed by atoms with Crippen molar-refractivity contribution in [3.63, 3.8) is 0 Å². The molecule has 0 spiro atoms. The molecule has 0 aromatic heterocycles. The first-order valence-electron chi connectivity index (χ1n) is 31.1. The van der Waals surface area contributed by atoms with Crippen molar-refractivity contribution in [3.8, 4) is 11.5 Å². The number of rotatable bonds is 14. The maximum absolute atomic E-state index is 13.2. The molecule has 8 bridgehead atoms. The molecule has 2 aromatic rings. The summed E-state index contributed by atoms with van der Waals surface area (Å²) in [4.78, 5) is 52.1. The summed E-state index contributed by atoms with van der Waals surface area (Å²) in [5, 5.41) is 53.6. The van der Waals surface area contributed by atoms with Crippen molar-refractivity contribution in [1.82, 2.24) is 0 Å². The first kappa shape index (κ1) is 68.1. The zero-order valence-corrected chi connectivity index (χ0v) is 52.7. The molecule has 21 atom stereocenters. The van der Waals surface area contributed by atoms with E-state index >= 15 is 0 Å². The van der Waals surface area contributed by atoms with E-state index in [0.29, 0.717) is 25.7 Å². The second-order valence-electron chi connectivity index (χ2n) is 27.4. The first-order chi connectivity index (χ1) is 39.8. The Morgan fingerprint density at radius 3 is 1.52 bits per heavy atom. The van der Waals surface area contributed by atoms with E-state index in [1.54, 1.807) is 26.4 Å². The van der Waals surface area contributed by atoms with Gasteiger partial charge in [0, 0.05) is 43.6 Å². The van der Waals surface area contributed by atoms with Crippen molar-refractivity contribution < 1.29 is 92.1 Å². The summed E-state index contributed by atoms with van der Waals surface area (Å²) >= 11 is 0. The maximum Gasteiger partial charge on any atom is 0.311 e. The Morgan fingerprint density at radius 1 is 0.600 bits per heavy atom. The fourth-order valence-electron chi connectivity index (χ4n) is 14.4. The van der Waals surface area contributed by atoms with Crippen molar-refractivity contribution in [3.05, 3.63) is 59.7 Å². The molecule has 8 rings (SSSR count). The Balaban J connectivity index is 0.000000244. The molecule has 19 nitrogen and oxygen atoms in total. The number of benzene rings is 2. The van der Waals surface area contributed by atoms with Crippen LogP contribution in [0.4, 0.5) is 0 Å². The standard InChI is InChI=1S/C34H52O10.C32H48O9/c1-19(12-13-25(40-8)23-10-9-11-24(14-23)39-7)31-21(3)26-15-28(43-31)32-33(5,6)17-20(2)34(38,44-32)18-30(37)42-27(22(4)35)16-29(36)41-26;1-18(9-7-10-22-11-8-12-23(34)13-22)29-20(3)24-14-26(40-29)30-31(5,6)16-19(2)32(37,41-30)17-28(36)39-25(21(4)33)15-27(35)38-24/h9-11,14,19-22,25-28,31-32,35,38H,12-13,15-18H2,1-8H3;8,11-13,18-21,24-26,29-30,33-34,37H,7,9-10,14-17H2,1-6H3/t19-,20+,21-,22+,25-,26-,27+,28?,31+,32?,34-;18-,19+,20-,21+,24-,25+,26?,29+,30?,32-/m00/s1. The van der Waals surface area contributed by atoms with Crippen LogP contribution in [0.1, 0.15) is 177 Å². The Kier molecular flexibility index (Phi) is 22.7. The predicted molar refractivity (Wildman–Crippen MR) is 312 cm³/mol. The SMILES string of the molecule is COc1cccc([C@H](CC[C@H](C)[C@H]2OC3C[C@H](OC(=O)C[C@H]([C@@H](C)O)OC(=O)C[C@]4(O)OC3C(C)(C)C[C@H]4C)[C@@H]2C)OC)c1.C[C@@H]1[C@@H]([C@@H](C)CCCc2cccc(O)c2)OC2C[C@@H]1OC(=O)C[C@H]([C@@H](C)O)OC(=O)C[C@]1(O)OC2C(C)(C)C[C@H]1C. The minimum absolute atomic E-state index is 0.0626. The van der Waals surface area contributed by atoms with Crippen LogP contribution < -0.4 is 4.74 Å². The van der Waals surface area contributed by atoms with Gasteiger partial charge in [-0.15, -0.1) is 0 Å². The number of phenols is 1. The van der Waals surface area contributed by atoms with Crippen LogP contribution in [0.2, 0.25) is 0 Å². The van der Waals surface area contributed by atoms with E-state index in [4.69, 9.17) is 47.4 Å². The topological polar surface area (TPSA) is 262 Å². The summed E-state index contributed by atoms with van der Waals surface area (Å²) in [7, 11) is 3.34. The molecule has 5 N–H and O–H groups in total. The van der Waals surface area contributed by atoms with Crippen molar-refractivity contribution in [1.29, 1.82) is 0 Å². The van der Waals surface area contributed by atoms with Gasteiger partial charge in [0.15, 0.2) is 11.6 Å². The number of fused-ring (bicyclic) bond motifs is 10. The van der Waals surface area contributed by atoms with Gasteiger partial charge >= 0.3 is 23.9 Å². The second-order valence-corrected chi connectivity index (χ2v) is 27.4. The van der Waals surface area contributed by atoms with Gasteiger partial charge in [0.1, 0.15) is 35.9 Å². The number of aliphatic hydroxyl groups excluding tert-OH is 2. The van der Waals surface area contributed by atoms with Gasteiger partial charge in [0.05, 0.1) is 87.7 Å². The number of phenolic OH excluding ortho intramolecular Hbond substituents is 1. The van der Waals surface area contributed by atoms with Crippen LogP contribution >= 0.6 is 0 Å². The number of esters is 4. The molecule has 2 aromatic carbocycles. The van der Waals surface area contributed by atoms with Gasteiger partial charge in [-0.3, -0.25) is 19.2 Å². The molecule has 6 saturated heterocycles. The highest BCUT2D eigenvalue weighted by Crippen LogP contribution is 2.51. The zero-order valence-electron chi connectivity index (χ0n) is 52.7. The molecule has 6 fully saturated rings. The summed E-state index contributed by atoms with van der Waals surface area (Å²) < 4.78 is 60.8. The first-order valence-corrected chi connectivity index (χ1v) is 31.1. The second kappa shape index (κ2) is 28.4. The molecule has 19 heteroatoms. The highest BCUT2D eigenvalue weighted by atomic mass is 16.7. The third-order valence-electron chi connectivity index (χ3n) is 19.4. The largest absolute Gasteiger partial charge is 0.508 e. The normalized spacial score (nSPS) is 36.9. The van der Waals surface area contributed by atoms with E-state index in [2.05, 4.69) is 41.5 Å². The van der Waals surface area contributed by atoms with Crippen LogP contribution in [0.5, 0.6) is 11.5 Å². The molecular formula is C66H100O19. The minimum Gasteiger partial charge on any atom is -0.508 e. The molecule has 6 aliphatic heterocycles. The van der Waals surface area contributed by atoms with Crippen molar-refractivity contribution >= 4 is 23.9 Å². The predicted octanol–water partition coefficient (Wildman–Crippen LogP) is 9.01. The number of aryl methyl sites for hydroxylation is 1. The van der Waals surface area contributed by atoms with Gasteiger partial charge < -0.3 is 72.9 Å². The number of aliphatic hydroxyl groups is 4. The maximum atomic E-state index is 13.2. The summed E-state index contributed by atoms with van der Waals surface area (Å²) in [6, 6.07) is 15.1. The molecule has 4 unspecified atom stereocenters. The Labute approximate surface area is 503 Å². The van der Waals surface area contributed by atoms with Crippen LogP contribution in [0.3, 0.4) is 0 Å². The van der Waals surface area contributed by atoms with E-state index in [9.17, 15) is 44.7 Å². The fourth-order valence-corrected chi connectivity index (χ4v) is 14.4. The Hall–Kier alpha value is -4.44. The van der Waals surface area contributed by atoms with Gasteiger partial charge in [-0.25, -0.2) is 0 Å². The number of cyclic esters (lactones) is 2. The summed E-state index contributed by atoms with van der Waals surface area (Å²) in [6.45, 7) is 23.3. The lowest BCUT2D eigenvalue weighted by atomic mass is 9.69. The van der Waals surface area contributed by atoms with E-state index in [-0.39, 0.29) is 77.8 Å². The molecule has 478 valence electrons. The quantitative estimate of drug-likeness (QED) is 0.0872. The van der Waals surface area contributed by atoms with Crippen LogP contribution in [0, 0.1) is 46.3 Å². The lowest BCUT2D eigenvalue weighted by molar-refractivity contribution is -0.337. The number of carbonyl (C=O) groups excluding carboxylic acids is 4. The molecule has 0 saturated carbocycles. The van der Waals surface area contributed by atoms with Gasteiger partial charge in [-0.05, 0) is 117 Å². The number of hydrogen-bond donors (Lipinski definition) is 5. The third kappa shape index (κ3) is 16.8. The average Bonchev–Trinajstić information content (AvgIpc) is 3.38. The Bertz CT molecular complexity index is 2550. The molecule has 6 heterocycles. The molecule has 0 aliphatic carbocycles. The van der Waals surface area contributed by atoms with Crippen LogP contribution in [-0.2, 0) is 68.2 Å². The van der Waals surface area contributed by atoms with Gasteiger partial charge in [-0.2, -0.15) is 0 Å². The smallest absolute Gasteiger partial charge is 0.311 e. The summed E-state index contributed by atoms with van der Waals surface area (Å²) in [5.41, 5.74) is 1.31. The number of carbonyl (C=O) groups is 4. The van der Waals surface area contributed by atoms with Gasteiger partial charge in [0.2, 0.25) is 0 Å². The van der Waals surface area contributed by atoms with Gasteiger partial charge in [-0.1, -0.05) is 93.5 Å². The number of ether oxygens (including phenoxy) is 10. The molecule has 0 radical (unpaired) electrons. The summed E-state index contributed by atoms with van der Waals surface area (Å²) in [5.74, 6) is -5.94. The van der Waals surface area contributed by atoms with Crippen molar-refractivity contribution in [2.75, 3.05) is 14.2 Å². The zero-order chi connectivity index (χ0) is 62.5. The van der Waals surface area contributed by atoms with Crippen LogP contribution in [0.15, 0.2) is 48.5 Å². The molecule has 0 amide bonds. The van der Waals surface area contributed by atoms with Gasteiger partial charge in [0.25, 0.3) is 0 Å². The highest BCUT2D eigenvalue weighted by Gasteiger charge is 2.58. The lowest BCUT2D eigenvalue weighted by Gasteiger charge is -2.54. The van der Waals surface area contributed by atoms with E-state index < -0.39 is 115 Å². The Morgan fingerprint density at radius 2 is 1.07 bits per heavy atom. The number of hydrogen-bond acceptors (Lipinski definition) is 19. The van der Waals surface area contributed by atoms with Crippen molar-refractivity contribution in [2.45, 2.75) is 257 Å². The van der Waals surface area contributed by atoms with Crippen molar-refractivity contribution in [2.24, 2.45) is 46.3 Å². The van der Waals surface area contributed by atoms with E-state index in [1.807, 2.05) is 64.1 Å². The molecular weight excluding hydrogens is 1100 g/mol. The monoisotopic (exact) mass is 1200 g/mol.